The van der Waals surface area contributed by atoms with Gasteiger partial charge in [-0.15, -0.1) is 0 Å². The number of carbonyl (C=O) groups excluding carboxylic acids is 1. The number of fused-ring (bicyclic) bond motifs is 1. The first-order valence-corrected chi connectivity index (χ1v) is 14.0. The second-order valence-electron chi connectivity index (χ2n) is 10.3. The highest BCUT2D eigenvalue weighted by Crippen LogP contribution is 2.27. The van der Waals surface area contributed by atoms with Gasteiger partial charge in [0.25, 0.3) is 0 Å². The topological polar surface area (TPSA) is 130 Å². The van der Waals surface area contributed by atoms with Crippen LogP contribution < -0.4 is 21.5 Å². The lowest BCUT2D eigenvalue weighted by Gasteiger charge is -2.20. The van der Waals surface area contributed by atoms with Gasteiger partial charge in [0.05, 0.1) is 18.0 Å². The molecule has 12 heteroatoms. The summed E-state index contributed by atoms with van der Waals surface area (Å²) >= 11 is 0. The molecular weight excluding hydrogens is 565 g/mol. The second-order valence-corrected chi connectivity index (χ2v) is 10.3. The number of benzene rings is 3. The summed E-state index contributed by atoms with van der Waals surface area (Å²) < 4.78 is 27.6. The molecule has 0 radical (unpaired) electrons. The standard InChI is InChI=1S/C32H30FN7O4/c1-38(25-14-16-43-19-25)15-4-9-28(41)37-22-6-3-7-24(18-22)40-31-29(30(34)35-20-36-31)39(32(40)42)23-10-12-26(13-11-23)44-27-8-2-5-21(33)17-27/h2-13,17-18,20,25H,14-16,19H2,1H3,(H,37,41)(H2,34,35,36)/b9-4+/t25-/m0/s1. The maximum atomic E-state index is 13.9. The molecule has 5 aromatic rings. The number of nitrogens with one attached hydrogen (secondary N) is 1. The number of ether oxygens (including phenoxy) is 2. The number of imidazole rings is 1. The lowest BCUT2D eigenvalue weighted by atomic mass is 10.2. The van der Waals surface area contributed by atoms with E-state index in [1.165, 1.54) is 33.7 Å². The Hall–Kier alpha value is -5.33. The highest BCUT2D eigenvalue weighted by molar-refractivity contribution is 5.99. The van der Waals surface area contributed by atoms with E-state index in [1.807, 2.05) is 13.1 Å². The number of carbonyl (C=O) groups is 1. The third-order valence-corrected chi connectivity index (χ3v) is 7.34. The molecule has 1 aliphatic rings. The quantitative estimate of drug-likeness (QED) is 0.241. The molecule has 44 heavy (non-hydrogen) atoms. The number of nitrogens with two attached hydrogens (primary N) is 1. The van der Waals surface area contributed by atoms with Crippen molar-refractivity contribution in [3.05, 3.63) is 108 Å². The van der Waals surface area contributed by atoms with Gasteiger partial charge in [-0.2, -0.15) is 0 Å². The van der Waals surface area contributed by atoms with Crippen molar-refractivity contribution in [3.8, 4) is 22.9 Å². The highest BCUT2D eigenvalue weighted by Gasteiger charge is 2.21. The largest absolute Gasteiger partial charge is 0.457 e. The van der Waals surface area contributed by atoms with Crippen molar-refractivity contribution in [2.75, 3.05) is 37.9 Å². The molecule has 3 aromatic carbocycles. The van der Waals surface area contributed by atoms with Crippen molar-refractivity contribution >= 4 is 28.6 Å². The van der Waals surface area contributed by atoms with Crippen LogP contribution in [-0.4, -0.2) is 62.8 Å². The summed E-state index contributed by atoms with van der Waals surface area (Å²) in [4.78, 5) is 37.2. The molecule has 0 bridgehead atoms. The van der Waals surface area contributed by atoms with Crippen molar-refractivity contribution in [2.24, 2.45) is 0 Å². The minimum atomic E-state index is -0.437. The van der Waals surface area contributed by atoms with E-state index in [2.05, 4.69) is 20.2 Å². The van der Waals surface area contributed by atoms with Gasteiger partial charge in [-0.25, -0.2) is 23.7 Å². The molecule has 1 amide bonds. The summed E-state index contributed by atoms with van der Waals surface area (Å²) in [7, 11) is 2.00. The van der Waals surface area contributed by atoms with Crippen LogP contribution in [0.2, 0.25) is 0 Å². The number of nitrogen functional groups attached to an aromatic ring is 1. The minimum absolute atomic E-state index is 0.120. The van der Waals surface area contributed by atoms with Crippen molar-refractivity contribution in [1.29, 1.82) is 0 Å². The summed E-state index contributed by atoms with van der Waals surface area (Å²) in [5, 5.41) is 2.86. The fourth-order valence-electron chi connectivity index (χ4n) is 5.10. The molecule has 6 rings (SSSR count). The van der Waals surface area contributed by atoms with Crippen molar-refractivity contribution in [3.63, 3.8) is 0 Å². The van der Waals surface area contributed by atoms with Gasteiger partial charge in [0, 0.05) is 37.0 Å². The van der Waals surface area contributed by atoms with Crippen molar-refractivity contribution in [2.45, 2.75) is 12.5 Å². The van der Waals surface area contributed by atoms with Crippen molar-refractivity contribution < 1.29 is 18.7 Å². The maximum absolute atomic E-state index is 13.9. The Morgan fingerprint density at radius 1 is 1.09 bits per heavy atom. The van der Waals surface area contributed by atoms with Gasteiger partial charge in [0.2, 0.25) is 5.91 Å². The van der Waals surface area contributed by atoms with Gasteiger partial charge >= 0.3 is 5.69 Å². The average molecular weight is 596 g/mol. The van der Waals surface area contributed by atoms with Gasteiger partial charge in [-0.1, -0.05) is 18.2 Å². The van der Waals surface area contributed by atoms with Gasteiger partial charge in [0.1, 0.15) is 29.2 Å². The fraction of sp³-hybridized carbons (Fsp3) is 0.188. The fourth-order valence-corrected chi connectivity index (χ4v) is 5.10. The minimum Gasteiger partial charge on any atom is -0.457 e. The van der Waals surface area contributed by atoms with Gasteiger partial charge in [0.15, 0.2) is 11.5 Å². The van der Waals surface area contributed by atoms with Crippen LogP contribution in [0.4, 0.5) is 15.9 Å². The predicted molar refractivity (Wildman–Crippen MR) is 165 cm³/mol. The van der Waals surface area contributed by atoms with Crippen LogP contribution in [0.3, 0.4) is 0 Å². The Kier molecular flexibility index (Phi) is 8.17. The van der Waals surface area contributed by atoms with E-state index in [9.17, 15) is 14.0 Å². The average Bonchev–Trinajstić information content (AvgIpc) is 3.65. The zero-order chi connectivity index (χ0) is 30.6. The number of hydrogen-bond donors (Lipinski definition) is 2. The lowest BCUT2D eigenvalue weighted by molar-refractivity contribution is -0.111. The van der Waals surface area contributed by atoms with Crippen LogP contribution in [-0.2, 0) is 9.53 Å². The third kappa shape index (κ3) is 6.07. The smallest absolute Gasteiger partial charge is 0.339 e. The first-order chi connectivity index (χ1) is 21.4. The van der Waals surface area contributed by atoms with E-state index in [1.54, 1.807) is 60.7 Å². The molecule has 1 aliphatic heterocycles. The zero-order valence-electron chi connectivity index (χ0n) is 23.9. The van der Waals surface area contributed by atoms with Gasteiger partial charge < -0.3 is 20.5 Å². The predicted octanol–water partition coefficient (Wildman–Crippen LogP) is 4.30. The molecule has 0 spiro atoms. The number of halogens is 1. The molecule has 0 aliphatic carbocycles. The van der Waals surface area contributed by atoms with Crippen LogP contribution in [0.25, 0.3) is 22.5 Å². The number of aromatic nitrogens is 4. The van der Waals surface area contributed by atoms with Crippen molar-refractivity contribution in [1.82, 2.24) is 24.0 Å². The molecule has 0 unspecified atom stereocenters. The van der Waals surface area contributed by atoms with Crippen LogP contribution in [0.5, 0.6) is 11.5 Å². The first-order valence-electron chi connectivity index (χ1n) is 14.0. The molecule has 224 valence electrons. The molecule has 3 heterocycles. The molecule has 2 aromatic heterocycles. The highest BCUT2D eigenvalue weighted by atomic mass is 19.1. The van der Waals surface area contributed by atoms with Crippen LogP contribution >= 0.6 is 0 Å². The molecule has 1 fully saturated rings. The summed E-state index contributed by atoms with van der Waals surface area (Å²) in [6.45, 7) is 2.08. The molecule has 1 atom stereocenters. The second kappa shape index (κ2) is 12.5. The molecule has 0 saturated carbocycles. The third-order valence-electron chi connectivity index (χ3n) is 7.34. The Morgan fingerprint density at radius 3 is 2.68 bits per heavy atom. The van der Waals surface area contributed by atoms with E-state index in [0.29, 0.717) is 58.9 Å². The molecular formula is C32H30FN7O4. The Morgan fingerprint density at radius 2 is 1.91 bits per heavy atom. The van der Waals surface area contributed by atoms with Crippen LogP contribution in [0.1, 0.15) is 6.42 Å². The summed E-state index contributed by atoms with van der Waals surface area (Å²) in [5.74, 6) is 0.220. The van der Waals surface area contributed by atoms with E-state index in [0.717, 1.165) is 13.0 Å². The van der Waals surface area contributed by atoms with Crippen LogP contribution in [0, 0.1) is 5.82 Å². The summed E-state index contributed by atoms with van der Waals surface area (Å²) in [6, 6.07) is 19.8. The Balaban J connectivity index is 1.26. The Labute approximate surface area is 252 Å². The number of hydrogen-bond acceptors (Lipinski definition) is 8. The summed E-state index contributed by atoms with van der Waals surface area (Å²) in [6.07, 6.45) is 5.57. The zero-order valence-corrected chi connectivity index (χ0v) is 23.9. The first kappa shape index (κ1) is 28.8. The molecule has 3 N–H and O–H groups in total. The van der Waals surface area contributed by atoms with E-state index in [4.69, 9.17) is 15.2 Å². The normalized spacial score (nSPS) is 14.9. The van der Waals surface area contributed by atoms with E-state index >= 15 is 0 Å². The molecule has 1 saturated heterocycles. The number of amides is 1. The molecule has 11 nitrogen and oxygen atoms in total. The maximum Gasteiger partial charge on any atom is 0.339 e. The number of nitrogens with zero attached hydrogens (tertiary/aromatic N) is 5. The number of anilines is 2. The van der Waals surface area contributed by atoms with Crippen LogP contribution in [0.15, 0.2) is 96.1 Å². The van der Waals surface area contributed by atoms with E-state index in [-0.39, 0.29) is 11.7 Å². The number of likely N-dealkylation sites (N-methyl/N-ethyl adjacent to an activating group) is 1. The van der Waals surface area contributed by atoms with E-state index < -0.39 is 11.5 Å². The summed E-state index contributed by atoms with van der Waals surface area (Å²) in [5.41, 5.74) is 7.91. The van der Waals surface area contributed by atoms with Gasteiger partial charge in [-0.3, -0.25) is 14.3 Å². The monoisotopic (exact) mass is 595 g/mol. The number of rotatable bonds is 9. The van der Waals surface area contributed by atoms with Gasteiger partial charge in [-0.05, 0) is 68.1 Å². The lowest BCUT2D eigenvalue weighted by Crippen LogP contribution is -2.32. The Bertz CT molecular complexity index is 1900. The SMILES string of the molecule is CN(C/C=C/C(=O)Nc1cccc(-n2c(=O)n(-c3ccc(Oc4cccc(F)c4)cc3)c3c(N)ncnc32)c1)[C@H]1CCOC1.